The molecule has 0 radical (unpaired) electrons. The van der Waals surface area contributed by atoms with Gasteiger partial charge < -0.3 is 15.4 Å². The first kappa shape index (κ1) is 18.0. The largest absolute Gasteiger partial charge is 0.450 e. The zero-order chi connectivity index (χ0) is 16.5. The molecule has 5 heteroatoms. The lowest BCUT2D eigenvalue weighted by atomic mass is 10.0. The molecule has 2 amide bonds. The van der Waals surface area contributed by atoms with E-state index in [1.165, 1.54) is 11.1 Å². The Morgan fingerprint density at radius 2 is 1.91 bits per heavy atom. The lowest BCUT2D eigenvalue weighted by Gasteiger charge is -2.21. The van der Waals surface area contributed by atoms with Crippen molar-refractivity contribution in [1.29, 1.82) is 0 Å². The number of carbonyl (C=O) groups is 2. The maximum Gasteiger partial charge on any atom is 0.407 e. The summed E-state index contributed by atoms with van der Waals surface area (Å²) in [6, 6.07) is 7.50. The first-order valence-corrected chi connectivity index (χ1v) is 7.71. The number of nitrogens with one attached hydrogen (secondary N) is 2. The van der Waals surface area contributed by atoms with Crippen molar-refractivity contribution in [2.75, 3.05) is 13.2 Å². The number of carbonyl (C=O) groups excluding carboxylic acids is 2. The van der Waals surface area contributed by atoms with E-state index in [-0.39, 0.29) is 18.4 Å². The van der Waals surface area contributed by atoms with Gasteiger partial charge >= 0.3 is 6.09 Å². The molecule has 1 rings (SSSR count). The Morgan fingerprint density at radius 1 is 1.23 bits per heavy atom. The summed E-state index contributed by atoms with van der Waals surface area (Å²) in [5.41, 5.74) is 2.42. The van der Waals surface area contributed by atoms with Crippen molar-refractivity contribution in [1.82, 2.24) is 10.6 Å². The van der Waals surface area contributed by atoms with Crippen LogP contribution in [0.25, 0.3) is 0 Å². The summed E-state index contributed by atoms with van der Waals surface area (Å²) in [5.74, 6) is -0.195. The highest BCUT2D eigenvalue weighted by atomic mass is 16.5. The number of hydrogen-bond acceptors (Lipinski definition) is 3. The minimum absolute atomic E-state index is 0.0112. The first-order valence-electron chi connectivity index (χ1n) is 7.71. The molecule has 122 valence electrons. The van der Waals surface area contributed by atoms with E-state index in [1.54, 1.807) is 6.92 Å². The van der Waals surface area contributed by atoms with Crippen LogP contribution in [0, 0.1) is 12.8 Å². The maximum absolute atomic E-state index is 12.2. The summed E-state index contributed by atoms with van der Waals surface area (Å²) in [6.07, 6.45) is 0.207. The van der Waals surface area contributed by atoms with Crippen LogP contribution in [0.1, 0.15) is 31.9 Å². The summed E-state index contributed by atoms with van der Waals surface area (Å²) < 4.78 is 4.83. The molecule has 0 spiro atoms. The second-order valence-electron chi connectivity index (χ2n) is 5.55. The van der Waals surface area contributed by atoms with Crippen molar-refractivity contribution >= 4 is 12.0 Å². The van der Waals surface area contributed by atoms with Gasteiger partial charge in [0.15, 0.2) is 0 Å². The molecule has 1 unspecified atom stereocenters. The molecule has 0 aliphatic heterocycles. The van der Waals surface area contributed by atoms with E-state index in [0.29, 0.717) is 6.54 Å². The summed E-state index contributed by atoms with van der Waals surface area (Å²) in [6.45, 7) is 8.38. The summed E-state index contributed by atoms with van der Waals surface area (Å²) in [5, 5.41) is 5.48. The highest BCUT2D eigenvalue weighted by Crippen LogP contribution is 2.07. The molecule has 2 N–H and O–H groups in total. The van der Waals surface area contributed by atoms with Crippen LogP contribution in [0.3, 0.4) is 0 Å². The maximum atomic E-state index is 12.2. The van der Waals surface area contributed by atoms with Crippen molar-refractivity contribution in [2.24, 2.45) is 5.92 Å². The zero-order valence-electron chi connectivity index (χ0n) is 13.8. The number of alkyl carbamates (subject to hydrolysis) is 1. The van der Waals surface area contributed by atoms with Gasteiger partial charge in [-0.3, -0.25) is 4.79 Å². The van der Waals surface area contributed by atoms with Gasteiger partial charge in [-0.05, 0) is 37.3 Å². The van der Waals surface area contributed by atoms with Gasteiger partial charge in [0.2, 0.25) is 5.91 Å². The highest BCUT2D eigenvalue weighted by Gasteiger charge is 2.24. The molecule has 22 heavy (non-hydrogen) atoms. The van der Waals surface area contributed by atoms with Gasteiger partial charge in [-0.25, -0.2) is 4.79 Å². The molecule has 0 fully saturated rings. The normalized spacial score (nSPS) is 11.9. The van der Waals surface area contributed by atoms with E-state index in [9.17, 15) is 9.59 Å². The summed E-state index contributed by atoms with van der Waals surface area (Å²) in [7, 11) is 0. The fourth-order valence-electron chi connectivity index (χ4n) is 2.16. The van der Waals surface area contributed by atoms with E-state index in [0.717, 1.165) is 6.42 Å². The lowest BCUT2D eigenvalue weighted by Crippen LogP contribution is -2.50. The topological polar surface area (TPSA) is 67.4 Å². The Labute approximate surface area is 132 Å². The molecule has 0 aliphatic rings. The predicted molar refractivity (Wildman–Crippen MR) is 86.7 cm³/mol. The van der Waals surface area contributed by atoms with E-state index < -0.39 is 12.1 Å². The Hall–Kier alpha value is -2.04. The van der Waals surface area contributed by atoms with Crippen molar-refractivity contribution in [3.63, 3.8) is 0 Å². The van der Waals surface area contributed by atoms with Crippen LogP contribution in [0.4, 0.5) is 4.79 Å². The lowest BCUT2D eigenvalue weighted by molar-refractivity contribution is -0.124. The average molecular weight is 306 g/mol. The quantitative estimate of drug-likeness (QED) is 0.813. The summed E-state index contributed by atoms with van der Waals surface area (Å²) >= 11 is 0. The van der Waals surface area contributed by atoms with Crippen molar-refractivity contribution < 1.29 is 14.3 Å². The fourth-order valence-corrected chi connectivity index (χ4v) is 2.16. The van der Waals surface area contributed by atoms with Gasteiger partial charge in [0.05, 0.1) is 6.61 Å². The predicted octanol–water partition coefficient (Wildman–Crippen LogP) is 2.42. The third-order valence-electron chi connectivity index (χ3n) is 3.45. The number of ether oxygens (including phenoxy) is 1. The van der Waals surface area contributed by atoms with Crippen LogP contribution < -0.4 is 10.6 Å². The first-order chi connectivity index (χ1) is 10.5. The fraction of sp³-hybridized carbons (Fsp3) is 0.529. The Bertz CT molecular complexity index is 500. The standard InChI is InChI=1S/C17H26N2O3/c1-5-22-17(21)19-15(12(2)3)16(20)18-11-10-14-9-7-6-8-13(14)4/h6-9,12,15H,5,10-11H2,1-4H3,(H,18,20)(H,19,21). The highest BCUT2D eigenvalue weighted by molar-refractivity contribution is 5.85. The van der Waals surface area contributed by atoms with Crippen molar-refractivity contribution in [3.8, 4) is 0 Å². The minimum atomic E-state index is -0.587. The SMILES string of the molecule is CCOC(=O)NC(C(=O)NCCc1ccccc1C)C(C)C. The van der Waals surface area contributed by atoms with E-state index in [2.05, 4.69) is 29.7 Å². The van der Waals surface area contributed by atoms with Gasteiger partial charge in [-0.2, -0.15) is 0 Å². The monoisotopic (exact) mass is 306 g/mol. The van der Waals surface area contributed by atoms with Crippen LogP contribution in [-0.2, 0) is 16.0 Å². The van der Waals surface area contributed by atoms with Gasteiger partial charge in [-0.1, -0.05) is 38.1 Å². The number of aryl methyl sites for hydroxylation is 1. The molecule has 1 aromatic rings. The number of hydrogen-bond donors (Lipinski definition) is 2. The number of benzene rings is 1. The Morgan fingerprint density at radius 3 is 2.50 bits per heavy atom. The molecule has 0 saturated heterocycles. The van der Waals surface area contributed by atoms with E-state index >= 15 is 0 Å². The van der Waals surface area contributed by atoms with Gasteiger partial charge in [0, 0.05) is 6.54 Å². The minimum Gasteiger partial charge on any atom is -0.450 e. The van der Waals surface area contributed by atoms with Crippen LogP contribution in [-0.4, -0.2) is 31.2 Å². The molecule has 5 nitrogen and oxygen atoms in total. The van der Waals surface area contributed by atoms with Crippen molar-refractivity contribution in [2.45, 2.75) is 40.2 Å². The molecule has 1 aromatic carbocycles. The molecular formula is C17H26N2O3. The Kier molecular flexibility index (Phi) is 7.43. The zero-order valence-corrected chi connectivity index (χ0v) is 13.8. The molecule has 0 saturated carbocycles. The molecule has 0 aliphatic carbocycles. The molecule has 0 aromatic heterocycles. The third kappa shape index (κ3) is 5.76. The second-order valence-corrected chi connectivity index (χ2v) is 5.55. The van der Waals surface area contributed by atoms with Crippen molar-refractivity contribution in [3.05, 3.63) is 35.4 Å². The summed E-state index contributed by atoms with van der Waals surface area (Å²) in [4.78, 5) is 23.7. The molecular weight excluding hydrogens is 280 g/mol. The number of amides is 2. The van der Waals surface area contributed by atoms with Crippen LogP contribution >= 0.6 is 0 Å². The van der Waals surface area contributed by atoms with E-state index in [4.69, 9.17) is 4.74 Å². The smallest absolute Gasteiger partial charge is 0.407 e. The van der Waals surface area contributed by atoms with Crippen LogP contribution in [0.15, 0.2) is 24.3 Å². The van der Waals surface area contributed by atoms with Gasteiger partial charge in [0.1, 0.15) is 6.04 Å². The average Bonchev–Trinajstić information content (AvgIpc) is 2.46. The Balaban J connectivity index is 2.50. The third-order valence-corrected chi connectivity index (χ3v) is 3.45. The van der Waals surface area contributed by atoms with Gasteiger partial charge in [-0.15, -0.1) is 0 Å². The molecule has 1 atom stereocenters. The van der Waals surface area contributed by atoms with E-state index in [1.807, 2.05) is 26.0 Å². The van der Waals surface area contributed by atoms with Crippen LogP contribution in [0.5, 0.6) is 0 Å². The second kappa shape index (κ2) is 9.07. The van der Waals surface area contributed by atoms with Crippen LogP contribution in [0.2, 0.25) is 0 Å². The number of rotatable bonds is 7. The molecule has 0 heterocycles. The van der Waals surface area contributed by atoms with Gasteiger partial charge in [0.25, 0.3) is 0 Å². The molecule has 0 bridgehead atoms.